The molecule has 1 atom stereocenters. The number of hydrogen-bond acceptors (Lipinski definition) is 5. The van der Waals surface area contributed by atoms with Gasteiger partial charge in [-0.3, -0.25) is 19.9 Å². The van der Waals surface area contributed by atoms with E-state index in [1.54, 1.807) is 24.9 Å². The van der Waals surface area contributed by atoms with Crippen LogP contribution in [0.5, 0.6) is 0 Å². The second-order valence-corrected chi connectivity index (χ2v) is 5.48. The van der Waals surface area contributed by atoms with Gasteiger partial charge in [-0.2, -0.15) is 0 Å². The summed E-state index contributed by atoms with van der Waals surface area (Å²) in [5.74, 6) is -0.605. The number of nitrogens with zero attached hydrogens (tertiary/aromatic N) is 2. The van der Waals surface area contributed by atoms with Crippen LogP contribution < -0.4 is 16.0 Å². The number of pyridine rings is 1. The fraction of sp³-hybridized carbons (Fsp3) is 0.500. The number of carbonyl (C=O) groups excluding carboxylic acids is 2. The third-order valence-electron chi connectivity index (χ3n) is 3.69. The Morgan fingerprint density at radius 2 is 2.15 bits per heavy atom. The summed E-state index contributed by atoms with van der Waals surface area (Å²) in [6.07, 6.45) is 2.47. The van der Waals surface area contributed by atoms with Crippen molar-refractivity contribution in [1.82, 2.24) is 10.3 Å². The Morgan fingerprint density at radius 1 is 1.45 bits per heavy atom. The molecule has 0 unspecified atom stereocenters. The molecular formula is C14H20N4O2. The molecule has 0 bridgehead atoms. The predicted octanol–water partition coefficient (Wildman–Crippen LogP) is 0.733. The molecule has 2 rings (SSSR count). The molecule has 1 aromatic heterocycles. The summed E-state index contributed by atoms with van der Waals surface area (Å²) in [4.78, 5) is 29.6. The van der Waals surface area contributed by atoms with Crippen molar-refractivity contribution in [3.05, 3.63) is 24.0 Å². The van der Waals surface area contributed by atoms with E-state index < -0.39 is 5.54 Å². The zero-order chi connectivity index (χ0) is 14.9. The Balaban J connectivity index is 2.30. The average Bonchev–Trinajstić information content (AvgIpc) is 2.42. The maximum absolute atomic E-state index is 11.9. The van der Waals surface area contributed by atoms with E-state index >= 15 is 0 Å². The molecule has 1 aliphatic heterocycles. The van der Waals surface area contributed by atoms with Crippen molar-refractivity contribution >= 4 is 17.5 Å². The first kappa shape index (κ1) is 14.5. The zero-order valence-electron chi connectivity index (χ0n) is 12.0. The number of carbonyl (C=O) groups is 2. The Morgan fingerprint density at radius 3 is 2.70 bits per heavy atom. The zero-order valence-corrected chi connectivity index (χ0v) is 12.0. The Labute approximate surface area is 118 Å². The lowest BCUT2D eigenvalue weighted by atomic mass is 9.98. The van der Waals surface area contributed by atoms with Crippen LogP contribution in [-0.4, -0.2) is 28.9 Å². The van der Waals surface area contributed by atoms with Gasteiger partial charge in [-0.15, -0.1) is 0 Å². The highest BCUT2D eigenvalue weighted by Gasteiger charge is 2.41. The molecule has 1 aliphatic rings. The molecule has 0 aliphatic carbocycles. The maximum Gasteiger partial charge on any atom is 0.251 e. The Hall–Kier alpha value is -1.95. The van der Waals surface area contributed by atoms with E-state index in [0.717, 1.165) is 17.8 Å². The smallest absolute Gasteiger partial charge is 0.251 e. The van der Waals surface area contributed by atoms with Gasteiger partial charge in [-0.05, 0) is 32.4 Å². The van der Waals surface area contributed by atoms with Crippen LogP contribution in [0, 0.1) is 0 Å². The summed E-state index contributed by atoms with van der Waals surface area (Å²) >= 11 is 0. The average molecular weight is 276 g/mol. The molecule has 2 amide bonds. The van der Waals surface area contributed by atoms with Gasteiger partial charge >= 0.3 is 0 Å². The number of imide groups is 1. The van der Waals surface area contributed by atoms with Gasteiger partial charge in [0.1, 0.15) is 5.54 Å². The minimum Gasteiger partial charge on any atom is -0.347 e. The molecule has 0 spiro atoms. The van der Waals surface area contributed by atoms with Gasteiger partial charge in [0.05, 0.1) is 24.1 Å². The maximum atomic E-state index is 11.9. The highest BCUT2D eigenvalue weighted by atomic mass is 16.2. The second kappa shape index (κ2) is 5.20. The summed E-state index contributed by atoms with van der Waals surface area (Å²) in [5, 5.41) is 2.35. The van der Waals surface area contributed by atoms with E-state index in [1.165, 1.54) is 0 Å². The minimum absolute atomic E-state index is 0.0941. The van der Waals surface area contributed by atoms with Crippen LogP contribution in [-0.2, 0) is 9.59 Å². The highest BCUT2D eigenvalue weighted by molar-refractivity contribution is 6.06. The van der Waals surface area contributed by atoms with Crippen LogP contribution in [0.25, 0.3) is 0 Å². The quantitative estimate of drug-likeness (QED) is 0.795. The van der Waals surface area contributed by atoms with Crippen LogP contribution in [0.15, 0.2) is 18.3 Å². The highest BCUT2D eigenvalue weighted by Crippen LogP contribution is 2.26. The molecule has 0 radical (unpaired) electrons. The molecule has 3 N–H and O–H groups in total. The Bertz CT molecular complexity index is 524. The van der Waals surface area contributed by atoms with E-state index in [-0.39, 0.29) is 24.4 Å². The van der Waals surface area contributed by atoms with E-state index in [1.807, 2.05) is 19.1 Å². The number of nitrogens with two attached hydrogens (primary N) is 1. The standard InChI is InChI=1S/C14H20N4O2/c1-4-10(15)11-6-5-9(7-16-11)18-8-12(19)17-13(20)14(18,2)3/h5-7,10H,4,8,15H2,1-3H3,(H,17,19,20)/t10-/m0/s1. The third-order valence-corrected chi connectivity index (χ3v) is 3.69. The van der Waals surface area contributed by atoms with Crippen LogP contribution >= 0.6 is 0 Å². The normalized spacial score (nSPS) is 19.7. The molecule has 6 heteroatoms. The summed E-state index contributed by atoms with van der Waals surface area (Å²) in [7, 11) is 0. The van der Waals surface area contributed by atoms with E-state index in [2.05, 4.69) is 10.3 Å². The van der Waals surface area contributed by atoms with E-state index in [0.29, 0.717) is 0 Å². The first-order valence-corrected chi connectivity index (χ1v) is 6.69. The van der Waals surface area contributed by atoms with E-state index in [9.17, 15) is 9.59 Å². The molecule has 1 fully saturated rings. The first-order valence-electron chi connectivity index (χ1n) is 6.69. The molecule has 20 heavy (non-hydrogen) atoms. The topological polar surface area (TPSA) is 88.3 Å². The summed E-state index contributed by atoms with van der Waals surface area (Å²) in [6.45, 7) is 5.69. The van der Waals surface area contributed by atoms with Crippen LogP contribution in [0.3, 0.4) is 0 Å². The van der Waals surface area contributed by atoms with Crippen LogP contribution in [0.4, 0.5) is 5.69 Å². The van der Waals surface area contributed by atoms with Crippen molar-refractivity contribution in [2.75, 3.05) is 11.4 Å². The fourth-order valence-electron chi connectivity index (χ4n) is 2.18. The molecule has 2 heterocycles. The molecular weight excluding hydrogens is 256 g/mol. The number of amides is 2. The van der Waals surface area contributed by atoms with E-state index in [4.69, 9.17) is 5.73 Å². The predicted molar refractivity (Wildman–Crippen MR) is 76.0 cm³/mol. The number of hydrogen-bond donors (Lipinski definition) is 2. The summed E-state index contributed by atoms with van der Waals surface area (Å²) in [5.41, 5.74) is 6.69. The lowest BCUT2D eigenvalue weighted by Crippen LogP contribution is -2.64. The lowest BCUT2D eigenvalue weighted by molar-refractivity contribution is -0.135. The second-order valence-electron chi connectivity index (χ2n) is 5.48. The summed E-state index contributed by atoms with van der Waals surface area (Å²) in [6, 6.07) is 3.60. The SMILES string of the molecule is CC[C@H](N)c1ccc(N2CC(=O)NC(=O)C2(C)C)cn1. The monoisotopic (exact) mass is 276 g/mol. The van der Waals surface area contributed by atoms with Gasteiger partial charge < -0.3 is 10.6 Å². The molecule has 0 saturated carbocycles. The number of nitrogens with one attached hydrogen (secondary N) is 1. The number of aromatic nitrogens is 1. The number of anilines is 1. The molecule has 1 aromatic rings. The molecule has 108 valence electrons. The molecule has 0 aromatic carbocycles. The largest absolute Gasteiger partial charge is 0.347 e. The van der Waals surface area contributed by atoms with Gasteiger partial charge in [0.2, 0.25) is 5.91 Å². The number of rotatable bonds is 3. The lowest BCUT2D eigenvalue weighted by Gasteiger charge is -2.41. The minimum atomic E-state index is -0.788. The van der Waals surface area contributed by atoms with Gasteiger partial charge in [0.15, 0.2) is 0 Å². The van der Waals surface area contributed by atoms with Crippen LogP contribution in [0.1, 0.15) is 38.9 Å². The Kier molecular flexibility index (Phi) is 3.76. The van der Waals surface area contributed by atoms with Crippen molar-refractivity contribution in [3.63, 3.8) is 0 Å². The van der Waals surface area contributed by atoms with Gasteiger partial charge in [-0.1, -0.05) is 6.92 Å². The van der Waals surface area contributed by atoms with Crippen molar-refractivity contribution in [3.8, 4) is 0 Å². The third kappa shape index (κ3) is 2.51. The first-order chi connectivity index (χ1) is 9.36. The van der Waals surface area contributed by atoms with Crippen molar-refractivity contribution in [1.29, 1.82) is 0 Å². The molecule has 6 nitrogen and oxygen atoms in total. The fourth-order valence-corrected chi connectivity index (χ4v) is 2.18. The van der Waals surface area contributed by atoms with Gasteiger partial charge in [0.25, 0.3) is 5.91 Å². The molecule has 1 saturated heterocycles. The van der Waals surface area contributed by atoms with Gasteiger partial charge in [-0.25, -0.2) is 0 Å². The number of piperazine rings is 1. The van der Waals surface area contributed by atoms with Crippen LogP contribution in [0.2, 0.25) is 0 Å². The summed E-state index contributed by atoms with van der Waals surface area (Å²) < 4.78 is 0. The van der Waals surface area contributed by atoms with Crippen molar-refractivity contribution in [2.45, 2.75) is 38.8 Å². The van der Waals surface area contributed by atoms with Gasteiger partial charge in [0, 0.05) is 6.04 Å². The van der Waals surface area contributed by atoms with Crippen molar-refractivity contribution in [2.24, 2.45) is 5.73 Å². The van der Waals surface area contributed by atoms with Crippen molar-refractivity contribution < 1.29 is 9.59 Å².